The van der Waals surface area contributed by atoms with Crippen LogP contribution in [0.15, 0.2) is 29.0 Å². The molecule has 0 bridgehead atoms. The molecule has 1 amide bonds. The van der Waals surface area contributed by atoms with Gasteiger partial charge in [-0.15, -0.1) is 0 Å². The van der Waals surface area contributed by atoms with Crippen LogP contribution in [0, 0.1) is 18.8 Å². The number of hydrogen-bond donors (Lipinski definition) is 5. The van der Waals surface area contributed by atoms with Crippen LogP contribution in [0.25, 0.3) is 5.76 Å². The number of carbonyl (C=O) groups excluding carboxylic acids is 4. The monoisotopic (exact) mass is 514 g/mol. The number of fused-ring (bicyclic) bond motifs is 3. The van der Waals surface area contributed by atoms with Gasteiger partial charge in [0.1, 0.15) is 28.9 Å². The Morgan fingerprint density at radius 3 is 2.32 bits per heavy atom. The zero-order chi connectivity index (χ0) is 27.7. The Balaban J connectivity index is 2.14. The second kappa shape index (κ2) is 8.70. The smallest absolute Gasteiger partial charge is 0.305 e. The molecule has 3 aliphatic rings. The quantitative estimate of drug-likeness (QED) is 0.283. The fourth-order valence-corrected chi connectivity index (χ4v) is 6.26. The maximum absolute atomic E-state index is 14.1. The molecule has 6 atom stereocenters. The van der Waals surface area contributed by atoms with Gasteiger partial charge < -0.3 is 30.9 Å². The number of amides is 1. The van der Waals surface area contributed by atoms with E-state index in [1.165, 1.54) is 32.0 Å². The first-order valence-corrected chi connectivity index (χ1v) is 11.9. The Kier molecular flexibility index (Phi) is 6.20. The van der Waals surface area contributed by atoms with Crippen molar-refractivity contribution in [3.63, 3.8) is 0 Å². The van der Waals surface area contributed by atoms with Crippen molar-refractivity contribution in [2.45, 2.75) is 50.9 Å². The van der Waals surface area contributed by atoms with Gasteiger partial charge >= 0.3 is 5.97 Å². The van der Waals surface area contributed by atoms with E-state index in [9.17, 15) is 39.6 Å². The number of aliphatic hydroxyl groups excluding tert-OH is 2. The molecular weight excluding hydrogens is 484 g/mol. The Bertz CT molecular complexity index is 1310. The first-order chi connectivity index (χ1) is 17.2. The summed E-state index contributed by atoms with van der Waals surface area (Å²) >= 11 is 0. The van der Waals surface area contributed by atoms with E-state index in [-0.39, 0.29) is 17.7 Å². The zero-order valence-electron chi connectivity index (χ0n) is 21.1. The molecule has 1 saturated carbocycles. The van der Waals surface area contributed by atoms with Crippen molar-refractivity contribution in [1.29, 1.82) is 0 Å². The first-order valence-electron chi connectivity index (χ1n) is 11.9. The van der Waals surface area contributed by atoms with E-state index < -0.39 is 81.6 Å². The predicted octanol–water partition coefficient (Wildman–Crippen LogP) is 0.765. The number of ketones is 2. The summed E-state index contributed by atoms with van der Waals surface area (Å²) < 4.78 is 5.78. The van der Waals surface area contributed by atoms with Crippen molar-refractivity contribution >= 4 is 29.2 Å². The minimum absolute atomic E-state index is 0.0237. The molecule has 11 heteroatoms. The number of carbonyl (C=O) groups is 4. The Labute approximate surface area is 212 Å². The maximum atomic E-state index is 14.1. The maximum Gasteiger partial charge on any atom is 0.305 e. The third kappa shape index (κ3) is 3.41. The molecule has 0 radical (unpaired) electrons. The molecule has 1 fully saturated rings. The second-order valence-electron chi connectivity index (χ2n) is 10.1. The number of benzene rings is 1. The number of rotatable bonds is 4. The van der Waals surface area contributed by atoms with Gasteiger partial charge in [0.2, 0.25) is 5.78 Å². The number of Topliss-reactive ketones (excluding diaryl/α,β-unsaturated/α-hetero) is 2. The van der Waals surface area contributed by atoms with Gasteiger partial charge in [0, 0.05) is 17.9 Å². The number of hydrogen-bond acceptors (Lipinski definition) is 10. The molecule has 0 spiro atoms. The summed E-state index contributed by atoms with van der Waals surface area (Å²) in [5.74, 6) is -9.67. The first kappa shape index (κ1) is 26.4. The summed E-state index contributed by atoms with van der Waals surface area (Å²) in [6, 6.07) is 1.59. The lowest BCUT2D eigenvalue weighted by Gasteiger charge is -2.54. The Hall–Kier alpha value is -3.70. The molecule has 0 heterocycles. The van der Waals surface area contributed by atoms with E-state index in [4.69, 9.17) is 10.5 Å². The topological polar surface area (TPSA) is 188 Å². The van der Waals surface area contributed by atoms with Crippen molar-refractivity contribution in [3.05, 3.63) is 45.7 Å². The summed E-state index contributed by atoms with van der Waals surface area (Å²) in [6.07, 6.45) is -1.47. The lowest BCUT2D eigenvalue weighted by atomic mass is 9.54. The van der Waals surface area contributed by atoms with Gasteiger partial charge in [0.25, 0.3) is 5.91 Å². The number of nitrogens with zero attached hydrogens (tertiary/aromatic N) is 1. The average Bonchev–Trinajstić information content (AvgIpc) is 2.81. The third-order valence-electron chi connectivity index (χ3n) is 7.85. The SMILES string of the molecule is CCC(=O)O[C@H]1[C@H]2C(=C(O)c3c(O)ccc(C)c3[C@@H]2C)C(=O)[C@]2(O)C(O)=C(C(N)=O)C(=O)[C@@H](N(C)C)[C@H]12. The van der Waals surface area contributed by atoms with Crippen LogP contribution in [0.5, 0.6) is 5.75 Å². The number of ether oxygens (including phenoxy) is 1. The van der Waals surface area contributed by atoms with E-state index in [2.05, 4.69) is 0 Å². The lowest BCUT2D eigenvalue weighted by Crippen LogP contribution is -2.71. The van der Waals surface area contributed by atoms with Crippen molar-refractivity contribution in [2.75, 3.05) is 14.1 Å². The highest BCUT2D eigenvalue weighted by Crippen LogP contribution is 2.57. The van der Waals surface area contributed by atoms with Crippen LogP contribution in [-0.4, -0.2) is 80.6 Å². The fraction of sp³-hybridized carbons (Fsp3) is 0.462. The van der Waals surface area contributed by atoms with E-state index in [1.807, 2.05) is 0 Å². The molecule has 1 aromatic rings. The number of phenolic OH excluding ortho intramolecular Hbond substituents is 1. The summed E-state index contributed by atoms with van der Waals surface area (Å²) in [5, 5.41) is 44.9. The van der Waals surface area contributed by atoms with Crippen molar-refractivity contribution in [1.82, 2.24) is 4.90 Å². The van der Waals surface area contributed by atoms with Gasteiger partial charge in [-0.1, -0.05) is 19.9 Å². The number of phenols is 1. The average molecular weight is 515 g/mol. The predicted molar refractivity (Wildman–Crippen MR) is 129 cm³/mol. The van der Waals surface area contributed by atoms with Crippen LogP contribution in [0.3, 0.4) is 0 Å². The van der Waals surface area contributed by atoms with Crippen molar-refractivity contribution in [2.24, 2.45) is 17.6 Å². The Morgan fingerprint density at radius 2 is 1.78 bits per heavy atom. The van der Waals surface area contributed by atoms with Crippen LogP contribution >= 0.6 is 0 Å². The fourth-order valence-electron chi connectivity index (χ4n) is 6.26. The molecule has 6 N–H and O–H groups in total. The number of primary amides is 1. The molecule has 11 nitrogen and oxygen atoms in total. The number of aliphatic hydroxyl groups is 3. The molecule has 198 valence electrons. The molecule has 37 heavy (non-hydrogen) atoms. The summed E-state index contributed by atoms with van der Waals surface area (Å²) in [6.45, 7) is 5.00. The highest BCUT2D eigenvalue weighted by molar-refractivity contribution is 6.24. The van der Waals surface area contributed by atoms with Crippen LogP contribution in [0.1, 0.15) is 42.9 Å². The van der Waals surface area contributed by atoms with E-state index in [0.29, 0.717) is 11.1 Å². The summed E-state index contributed by atoms with van der Waals surface area (Å²) in [5.41, 5.74) is 2.23. The number of esters is 1. The van der Waals surface area contributed by atoms with Gasteiger partial charge in [-0.05, 0) is 44.1 Å². The summed E-state index contributed by atoms with van der Waals surface area (Å²) in [7, 11) is 2.94. The number of aryl methyl sites for hydroxylation is 1. The van der Waals surface area contributed by atoms with Gasteiger partial charge in [-0.3, -0.25) is 24.1 Å². The molecule has 1 aromatic carbocycles. The second-order valence-corrected chi connectivity index (χ2v) is 10.1. The highest BCUT2D eigenvalue weighted by atomic mass is 16.5. The van der Waals surface area contributed by atoms with E-state index in [1.54, 1.807) is 19.9 Å². The van der Waals surface area contributed by atoms with Crippen LogP contribution in [0.2, 0.25) is 0 Å². The molecule has 0 saturated heterocycles. The minimum Gasteiger partial charge on any atom is -0.508 e. The highest BCUT2D eigenvalue weighted by Gasteiger charge is 2.69. The number of aromatic hydroxyl groups is 1. The van der Waals surface area contributed by atoms with Crippen LogP contribution in [-0.2, 0) is 23.9 Å². The zero-order valence-corrected chi connectivity index (χ0v) is 21.1. The van der Waals surface area contributed by atoms with E-state index in [0.717, 1.165) is 0 Å². The van der Waals surface area contributed by atoms with Crippen molar-refractivity contribution in [3.8, 4) is 5.75 Å². The number of likely N-dealkylation sites (N-methyl/N-ethyl adjacent to an activating group) is 1. The van der Waals surface area contributed by atoms with Crippen LogP contribution in [0.4, 0.5) is 0 Å². The van der Waals surface area contributed by atoms with Gasteiger partial charge in [-0.2, -0.15) is 0 Å². The van der Waals surface area contributed by atoms with Gasteiger partial charge in [-0.25, -0.2) is 0 Å². The molecule has 0 aliphatic heterocycles. The normalized spacial score (nSPS) is 31.2. The lowest BCUT2D eigenvalue weighted by molar-refractivity contribution is -0.185. The molecule has 0 aromatic heterocycles. The van der Waals surface area contributed by atoms with Crippen molar-refractivity contribution < 1.29 is 44.3 Å². The molecule has 3 aliphatic carbocycles. The summed E-state index contributed by atoms with van der Waals surface area (Å²) in [4.78, 5) is 53.6. The standard InChI is InChI=1S/C26H30N2O9/c1-6-12(30)37-22-14-10(3)13-9(2)7-8-11(29)15(13)20(31)16(14)23(33)26(36)18(22)19(28(4)5)21(32)17(24(26)34)25(27)35/h7-8,10,14,18-19,22,29,31,34,36H,6H2,1-5H3,(H2,27,35)/t10-,14+,18+,19-,22-,26-/m0/s1. The largest absolute Gasteiger partial charge is 0.508 e. The molecule has 4 rings (SSSR count). The van der Waals surface area contributed by atoms with Crippen LogP contribution < -0.4 is 5.73 Å². The van der Waals surface area contributed by atoms with Gasteiger partial charge in [0.15, 0.2) is 11.4 Å². The third-order valence-corrected chi connectivity index (χ3v) is 7.85. The minimum atomic E-state index is -2.94. The van der Waals surface area contributed by atoms with E-state index >= 15 is 0 Å². The van der Waals surface area contributed by atoms with Gasteiger partial charge in [0.05, 0.1) is 17.5 Å². The molecule has 0 unspecified atom stereocenters. The molecular formula is C26H30N2O9. The Morgan fingerprint density at radius 1 is 1.16 bits per heavy atom. The number of nitrogens with two attached hydrogens (primary N) is 1.